The number of aliphatic hydroxyl groups is 2. The Bertz CT molecular complexity index is 2520. The molecule has 3 unspecified atom stereocenters. The third kappa shape index (κ3) is 24.2. The molecule has 0 radical (unpaired) electrons. The molecule has 4 heterocycles. The lowest BCUT2D eigenvalue weighted by molar-refractivity contribution is -0.131. The zero-order valence-electron chi connectivity index (χ0n) is 50.5. The van der Waals surface area contributed by atoms with Crippen LogP contribution in [-0.4, -0.2) is 133 Å². The first kappa shape index (κ1) is 69.4. The molecule has 4 aromatic rings. The number of ketones is 1. The fourth-order valence-corrected chi connectivity index (χ4v) is 10.4. The van der Waals surface area contributed by atoms with E-state index < -0.39 is 42.3 Å². The van der Waals surface area contributed by atoms with E-state index in [4.69, 9.17) is 5.73 Å². The number of carbonyl (C=O) groups excluding carboxylic acids is 8. The number of Topliss-reactive ketones (excluding diaryl/α,β-unsaturated/α-hetero) is 1. The van der Waals surface area contributed by atoms with Gasteiger partial charge >= 0.3 is 0 Å². The van der Waals surface area contributed by atoms with E-state index in [-0.39, 0.29) is 90.3 Å². The molecule has 4 fully saturated rings. The van der Waals surface area contributed by atoms with Gasteiger partial charge in [0, 0.05) is 0 Å². The van der Waals surface area contributed by atoms with Crippen LogP contribution in [0.4, 0.5) is 0 Å². The summed E-state index contributed by atoms with van der Waals surface area (Å²) in [5.74, 6) is -1.25. The van der Waals surface area contributed by atoms with Gasteiger partial charge in [0.2, 0.25) is 41.4 Å². The van der Waals surface area contributed by atoms with E-state index in [0.29, 0.717) is 12.8 Å². The maximum Gasteiger partial charge on any atom is 0.243 e. The fourth-order valence-electron chi connectivity index (χ4n) is 10.4. The van der Waals surface area contributed by atoms with Crippen molar-refractivity contribution in [3.8, 4) is 0 Å². The molecule has 10 atom stereocenters. The number of primary amides is 1. The smallest absolute Gasteiger partial charge is 0.243 e. The monoisotopic (exact) mass is 1190 g/mol. The molecule has 8 rings (SSSR count). The quantitative estimate of drug-likeness (QED) is 0.0478. The van der Waals surface area contributed by atoms with E-state index in [9.17, 15) is 48.6 Å². The maximum atomic E-state index is 12.5. The minimum Gasteiger partial charge on any atom is -0.386 e. The van der Waals surface area contributed by atoms with E-state index >= 15 is 0 Å². The number of benzene rings is 4. The molecule has 0 spiro atoms. The van der Waals surface area contributed by atoms with E-state index in [2.05, 4.69) is 53.2 Å². The van der Waals surface area contributed by atoms with Crippen LogP contribution in [-0.2, 0) is 38.4 Å². The molecule has 14 N–H and O–H groups in total. The molecule has 468 valence electrons. The van der Waals surface area contributed by atoms with Crippen molar-refractivity contribution in [1.29, 1.82) is 0 Å². The van der Waals surface area contributed by atoms with Crippen LogP contribution in [0.3, 0.4) is 0 Å². The van der Waals surface area contributed by atoms with Crippen molar-refractivity contribution < 1.29 is 48.6 Å². The Morgan fingerprint density at radius 2 is 0.721 bits per heavy atom. The van der Waals surface area contributed by atoms with Gasteiger partial charge in [0.1, 0.15) is 30.1 Å². The van der Waals surface area contributed by atoms with Gasteiger partial charge in [-0.25, -0.2) is 0 Å². The minimum absolute atomic E-state index is 0.00494. The highest BCUT2D eigenvalue weighted by Gasteiger charge is 2.33. The lowest BCUT2D eigenvalue weighted by atomic mass is 9.95. The van der Waals surface area contributed by atoms with Crippen LogP contribution in [0.15, 0.2) is 121 Å². The second-order valence-corrected chi connectivity index (χ2v) is 23.1. The zero-order chi connectivity index (χ0) is 62.4. The Morgan fingerprint density at radius 1 is 0.442 bits per heavy atom. The van der Waals surface area contributed by atoms with Crippen LogP contribution < -0.4 is 58.9 Å². The Morgan fingerprint density at radius 3 is 0.977 bits per heavy atom. The lowest BCUT2D eigenvalue weighted by Gasteiger charge is -2.26. The van der Waals surface area contributed by atoms with Crippen molar-refractivity contribution in [2.45, 2.75) is 159 Å². The SMILES string of the molecule is CC(=O)CNC(=O)[C@H](CC(C)C)NC(=O)[C@@H]1CCCN1.CC(C)CC(NC(=O)[C@@H]1CCCN1)C(=O)NCC(N)=O.O=C(NC(c1ccccc1)C(O)c1ccccc1)[C@@H]1CCCN1.O=C(N[C@@H](c1ccccc1)[C@@H](O)c1ccccc1)[C@@H]1CCCN1. The number of aliphatic hydroxyl groups excluding tert-OH is 2. The second kappa shape index (κ2) is 37.2. The summed E-state index contributed by atoms with van der Waals surface area (Å²) in [6, 6.07) is 35.2. The van der Waals surface area contributed by atoms with Crippen LogP contribution in [0.25, 0.3) is 0 Å². The van der Waals surface area contributed by atoms with Crippen molar-refractivity contribution in [2.24, 2.45) is 17.6 Å². The van der Waals surface area contributed by atoms with Gasteiger partial charge in [-0.05, 0) is 131 Å². The number of rotatable bonds is 24. The molecule has 21 nitrogen and oxygen atoms in total. The first-order valence-corrected chi connectivity index (χ1v) is 30.3. The molecule has 7 amide bonds. The Kier molecular flexibility index (Phi) is 30.0. The van der Waals surface area contributed by atoms with Gasteiger partial charge in [-0.3, -0.25) is 38.4 Å². The number of nitrogens with two attached hydrogens (primary N) is 1. The topological polar surface area (TPSA) is 323 Å². The zero-order valence-corrected chi connectivity index (χ0v) is 50.5. The summed E-state index contributed by atoms with van der Waals surface area (Å²) in [4.78, 5) is 94.7. The predicted molar refractivity (Wildman–Crippen MR) is 330 cm³/mol. The first-order chi connectivity index (χ1) is 41.3. The Hall–Kier alpha value is -7.40. The molecule has 21 heteroatoms. The molecular formula is C65H93N11O10. The minimum atomic E-state index is -0.788. The maximum absolute atomic E-state index is 12.5. The van der Waals surface area contributed by atoms with Gasteiger partial charge < -0.3 is 69.1 Å². The molecule has 4 aliphatic heterocycles. The van der Waals surface area contributed by atoms with Crippen molar-refractivity contribution in [2.75, 3.05) is 39.3 Å². The van der Waals surface area contributed by atoms with Gasteiger partial charge in [-0.1, -0.05) is 149 Å². The number of hydrogen-bond donors (Lipinski definition) is 13. The number of nitrogens with one attached hydrogen (secondary N) is 10. The summed E-state index contributed by atoms with van der Waals surface area (Å²) in [6.07, 6.45) is 6.72. The van der Waals surface area contributed by atoms with Crippen molar-refractivity contribution in [3.63, 3.8) is 0 Å². The van der Waals surface area contributed by atoms with E-state index in [0.717, 1.165) is 99.8 Å². The molecule has 4 saturated heterocycles. The average Bonchev–Trinajstić information content (AvgIpc) is 4.59. The second-order valence-electron chi connectivity index (χ2n) is 23.1. The Labute approximate surface area is 506 Å². The molecule has 4 aliphatic rings. The van der Waals surface area contributed by atoms with Gasteiger partial charge in [0.15, 0.2) is 0 Å². The van der Waals surface area contributed by atoms with E-state index in [1.807, 2.05) is 149 Å². The van der Waals surface area contributed by atoms with Crippen LogP contribution in [0.1, 0.15) is 145 Å². The predicted octanol–water partition coefficient (Wildman–Crippen LogP) is 3.50. The van der Waals surface area contributed by atoms with Crippen LogP contribution >= 0.6 is 0 Å². The van der Waals surface area contributed by atoms with E-state index in [1.165, 1.54) is 6.92 Å². The summed E-state index contributed by atoms with van der Waals surface area (Å²) in [5, 5.41) is 50.7. The molecular weight excluding hydrogens is 1090 g/mol. The average molecular weight is 1190 g/mol. The highest BCUT2D eigenvalue weighted by molar-refractivity contribution is 5.93. The highest BCUT2D eigenvalue weighted by atomic mass is 16.3. The first-order valence-electron chi connectivity index (χ1n) is 30.3. The van der Waals surface area contributed by atoms with Crippen LogP contribution in [0.2, 0.25) is 0 Å². The third-order valence-electron chi connectivity index (χ3n) is 15.0. The van der Waals surface area contributed by atoms with Gasteiger partial charge in [-0.15, -0.1) is 0 Å². The molecule has 86 heavy (non-hydrogen) atoms. The van der Waals surface area contributed by atoms with Gasteiger partial charge in [0.05, 0.1) is 49.3 Å². The number of carbonyl (C=O) groups is 8. The summed E-state index contributed by atoms with van der Waals surface area (Å²) >= 11 is 0. The molecule has 0 saturated carbocycles. The van der Waals surface area contributed by atoms with Gasteiger partial charge in [-0.2, -0.15) is 0 Å². The number of amides is 7. The summed E-state index contributed by atoms with van der Waals surface area (Å²) in [5.41, 5.74) is 8.37. The van der Waals surface area contributed by atoms with Crippen molar-refractivity contribution in [1.82, 2.24) is 53.2 Å². The molecule has 0 aliphatic carbocycles. The molecule has 0 aromatic heterocycles. The third-order valence-corrected chi connectivity index (χ3v) is 15.0. The Balaban J connectivity index is 0.000000210. The lowest BCUT2D eigenvalue weighted by Crippen LogP contribution is -2.52. The van der Waals surface area contributed by atoms with Crippen LogP contribution in [0.5, 0.6) is 0 Å². The normalized spacial score (nSPS) is 19.8. The molecule has 4 aromatic carbocycles. The van der Waals surface area contributed by atoms with Crippen molar-refractivity contribution in [3.05, 3.63) is 144 Å². The summed E-state index contributed by atoms with van der Waals surface area (Å²) in [7, 11) is 0. The standard InChI is InChI=1S/2C19H22N2O2.C14H25N3O3.C13H24N4O3/c2*22-18(15-10-5-2-6-11-15)17(14-8-3-1-4-9-14)21-19(23)16-12-7-13-20-16;1-9(2)7-12(13(19)16-8-10(3)18)17-14(20)11-5-4-6-15-11;1-8(2)6-10(12(19)16-7-11(14)18)17-13(20)9-4-3-5-15-9/h2*1-6,8-11,16-18,20,22H,7,12-13H2,(H,21,23);9,11-12,15H,4-8H2,1-3H3,(H,16,19)(H,17,20);8-10,15H,3-7H2,1-2H3,(H2,14,18)(H,16,19)(H,17,20)/t16-,17?,18?;16-,17-,18-;11-,12-;9-,10?/m0000/s1. The summed E-state index contributed by atoms with van der Waals surface area (Å²) in [6.45, 7) is 12.5. The van der Waals surface area contributed by atoms with E-state index in [1.54, 1.807) is 0 Å². The summed E-state index contributed by atoms with van der Waals surface area (Å²) < 4.78 is 0. The van der Waals surface area contributed by atoms with Crippen LogP contribution in [0, 0.1) is 11.8 Å². The van der Waals surface area contributed by atoms with Gasteiger partial charge in [0.25, 0.3) is 0 Å². The largest absolute Gasteiger partial charge is 0.386 e. The molecule has 0 bridgehead atoms. The fraction of sp³-hybridized carbons (Fsp3) is 0.508. The highest BCUT2D eigenvalue weighted by Crippen LogP contribution is 2.31. The number of hydrogen-bond acceptors (Lipinski definition) is 14. The van der Waals surface area contributed by atoms with Crippen molar-refractivity contribution >= 4 is 47.1 Å².